The van der Waals surface area contributed by atoms with E-state index in [4.69, 9.17) is 20.1 Å². The molecule has 1 fully saturated rings. The molecule has 1 aliphatic heterocycles. The van der Waals surface area contributed by atoms with E-state index in [0.29, 0.717) is 4.57 Å². The molecule has 0 aromatic carbocycles. The molecule has 0 saturated carbocycles. The van der Waals surface area contributed by atoms with Gasteiger partial charge in [0.1, 0.15) is 24.0 Å². The third-order valence-corrected chi connectivity index (χ3v) is 3.97. The minimum Gasteiger partial charge on any atom is -0.387 e. The van der Waals surface area contributed by atoms with Gasteiger partial charge in [0.25, 0.3) is 5.56 Å². The van der Waals surface area contributed by atoms with Gasteiger partial charge in [-0.1, -0.05) is 5.11 Å². The van der Waals surface area contributed by atoms with Crippen LogP contribution in [-0.4, -0.2) is 54.0 Å². The molecule has 23 heavy (non-hydrogen) atoms. The Balaban J connectivity index is 2.41. The molecule has 1 aliphatic rings. The number of ether oxygens (including phenoxy) is 1. The normalized spacial score (nSPS) is 27.7. The van der Waals surface area contributed by atoms with Gasteiger partial charge in [-0.25, -0.2) is 4.79 Å². The van der Waals surface area contributed by atoms with Crippen molar-refractivity contribution in [2.75, 3.05) is 6.16 Å². The summed E-state index contributed by atoms with van der Waals surface area (Å²) in [5.41, 5.74) is 5.86. The summed E-state index contributed by atoms with van der Waals surface area (Å²) < 4.78 is 16.8. The number of aromatic amines is 1. The molecule has 4 atom stereocenters. The zero-order valence-electron chi connectivity index (χ0n) is 11.3. The molecule has 1 aromatic heterocycles. The summed E-state index contributed by atoms with van der Waals surface area (Å²) in [5, 5.41) is 22.7. The van der Waals surface area contributed by atoms with Crippen LogP contribution in [0, 0.1) is 0 Å². The first kappa shape index (κ1) is 17.4. The summed E-state index contributed by atoms with van der Waals surface area (Å²) >= 11 is 0. The fraction of sp³-hybridized carbons (Fsp3) is 0.556. The number of nitrogens with one attached hydrogen (secondary N) is 1. The first-order valence-electron chi connectivity index (χ1n) is 6.11. The monoisotopic (exact) mass is 349 g/mol. The van der Waals surface area contributed by atoms with E-state index in [1.54, 1.807) is 0 Å². The number of azide groups is 1. The number of H-pyrrole nitrogens is 1. The van der Waals surface area contributed by atoms with Crippen LogP contribution < -0.4 is 11.2 Å². The summed E-state index contributed by atoms with van der Waals surface area (Å²) in [4.78, 5) is 45.2. The molecule has 13 nitrogen and oxygen atoms in total. The van der Waals surface area contributed by atoms with Crippen LogP contribution in [0.3, 0.4) is 0 Å². The standard InChI is InChI=1S/C9H12N5O8P/c10-13-12-3-1-14(9(18)11-7(3)17)8-6(16)5(15)4(22-8)2-23(19,20)21/h1,4-6,8,15-16H,2H2,(H,11,17,18)(H2,19,20,21)/t4-,5-,6-,8-/m1/s1. The molecule has 0 aliphatic carbocycles. The van der Waals surface area contributed by atoms with E-state index in [-0.39, 0.29) is 0 Å². The maximum absolute atomic E-state index is 11.8. The van der Waals surface area contributed by atoms with Gasteiger partial charge in [-0.15, -0.1) is 0 Å². The Morgan fingerprint density at radius 3 is 2.61 bits per heavy atom. The van der Waals surface area contributed by atoms with Gasteiger partial charge in [0.15, 0.2) is 6.23 Å². The molecule has 0 amide bonds. The second kappa shape index (κ2) is 6.26. The highest BCUT2D eigenvalue weighted by Gasteiger charge is 2.46. The number of hydrogen-bond acceptors (Lipinski definition) is 7. The van der Waals surface area contributed by atoms with E-state index in [1.165, 1.54) is 0 Å². The van der Waals surface area contributed by atoms with Gasteiger partial charge in [0.2, 0.25) is 0 Å². The highest BCUT2D eigenvalue weighted by atomic mass is 31.2. The van der Waals surface area contributed by atoms with Crippen molar-refractivity contribution in [2.24, 2.45) is 5.11 Å². The van der Waals surface area contributed by atoms with Gasteiger partial charge >= 0.3 is 13.3 Å². The van der Waals surface area contributed by atoms with E-state index >= 15 is 0 Å². The molecule has 0 unspecified atom stereocenters. The maximum atomic E-state index is 11.8. The summed E-state index contributed by atoms with van der Waals surface area (Å²) in [6.07, 6.45) is -6.40. The van der Waals surface area contributed by atoms with Crippen molar-refractivity contribution in [3.05, 3.63) is 37.5 Å². The van der Waals surface area contributed by atoms with Crippen molar-refractivity contribution in [1.29, 1.82) is 0 Å². The number of nitrogens with zero attached hydrogens (tertiary/aromatic N) is 4. The molecule has 0 bridgehead atoms. The largest absolute Gasteiger partial charge is 0.387 e. The van der Waals surface area contributed by atoms with E-state index in [9.17, 15) is 24.4 Å². The lowest BCUT2D eigenvalue weighted by atomic mass is 10.1. The molecule has 126 valence electrons. The molecule has 2 rings (SSSR count). The fourth-order valence-electron chi connectivity index (χ4n) is 2.13. The highest BCUT2D eigenvalue weighted by Crippen LogP contribution is 2.40. The first-order valence-corrected chi connectivity index (χ1v) is 7.90. The fourth-order valence-corrected chi connectivity index (χ4v) is 2.90. The van der Waals surface area contributed by atoms with Crippen molar-refractivity contribution in [2.45, 2.75) is 24.5 Å². The van der Waals surface area contributed by atoms with E-state index in [1.807, 2.05) is 4.98 Å². The molecule has 0 spiro atoms. The quantitative estimate of drug-likeness (QED) is 0.182. The Hall–Kier alpha value is -1.98. The Labute approximate surface area is 126 Å². The lowest BCUT2D eigenvalue weighted by molar-refractivity contribution is -0.0350. The van der Waals surface area contributed by atoms with Crippen molar-refractivity contribution in [1.82, 2.24) is 9.55 Å². The minimum absolute atomic E-state index is 0.490. The Morgan fingerprint density at radius 2 is 2.04 bits per heavy atom. The Kier molecular flexibility index (Phi) is 4.73. The molecule has 14 heteroatoms. The van der Waals surface area contributed by atoms with Gasteiger partial charge in [-0.05, 0) is 5.53 Å². The predicted molar refractivity (Wildman–Crippen MR) is 73.0 cm³/mol. The lowest BCUT2D eigenvalue weighted by Gasteiger charge is -2.17. The van der Waals surface area contributed by atoms with Crippen LogP contribution in [0.4, 0.5) is 5.69 Å². The van der Waals surface area contributed by atoms with Crippen LogP contribution in [0.2, 0.25) is 0 Å². The second-order valence-corrected chi connectivity index (χ2v) is 6.46. The van der Waals surface area contributed by atoms with Crippen LogP contribution >= 0.6 is 7.60 Å². The molecular weight excluding hydrogens is 337 g/mol. The minimum atomic E-state index is -4.54. The number of aliphatic hydroxyl groups is 2. The molecule has 0 radical (unpaired) electrons. The molecule has 1 saturated heterocycles. The highest BCUT2D eigenvalue weighted by molar-refractivity contribution is 7.51. The van der Waals surface area contributed by atoms with Gasteiger partial charge in [-0.2, -0.15) is 0 Å². The van der Waals surface area contributed by atoms with Crippen LogP contribution in [0.15, 0.2) is 20.9 Å². The number of hydrogen-bond donors (Lipinski definition) is 5. The molecule has 2 heterocycles. The van der Waals surface area contributed by atoms with E-state index in [0.717, 1.165) is 6.20 Å². The van der Waals surface area contributed by atoms with Crippen molar-refractivity contribution >= 4 is 13.3 Å². The van der Waals surface area contributed by atoms with Crippen molar-refractivity contribution < 1.29 is 29.3 Å². The Bertz CT molecular complexity index is 807. The Morgan fingerprint density at radius 1 is 1.39 bits per heavy atom. The van der Waals surface area contributed by atoms with Gasteiger partial charge < -0.3 is 24.7 Å². The molecule has 5 N–H and O–H groups in total. The van der Waals surface area contributed by atoms with Crippen LogP contribution in [0.5, 0.6) is 0 Å². The third-order valence-electron chi connectivity index (χ3n) is 3.13. The summed E-state index contributed by atoms with van der Waals surface area (Å²) in [7, 11) is -4.54. The van der Waals surface area contributed by atoms with Crippen LogP contribution in [0.1, 0.15) is 6.23 Å². The summed E-state index contributed by atoms with van der Waals surface area (Å²) in [5.74, 6) is 0. The van der Waals surface area contributed by atoms with Gasteiger partial charge in [0.05, 0.1) is 6.16 Å². The number of rotatable bonds is 4. The summed E-state index contributed by atoms with van der Waals surface area (Å²) in [6, 6.07) is 0. The zero-order valence-corrected chi connectivity index (χ0v) is 12.1. The number of aromatic nitrogens is 2. The van der Waals surface area contributed by atoms with Crippen molar-refractivity contribution in [3.8, 4) is 0 Å². The maximum Gasteiger partial charge on any atom is 0.330 e. The van der Waals surface area contributed by atoms with Crippen molar-refractivity contribution in [3.63, 3.8) is 0 Å². The lowest BCUT2D eigenvalue weighted by Crippen LogP contribution is -2.37. The van der Waals surface area contributed by atoms with Crippen LogP contribution in [0.25, 0.3) is 10.4 Å². The second-order valence-electron chi connectivity index (χ2n) is 4.76. The van der Waals surface area contributed by atoms with Gasteiger partial charge in [-0.3, -0.25) is 18.9 Å². The average Bonchev–Trinajstić information content (AvgIpc) is 2.69. The molecular formula is C9H12N5O8P. The predicted octanol–water partition coefficient (Wildman–Crippen LogP) is -1.72. The topological polar surface area (TPSA) is 211 Å². The zero-order chi connectivity index (χ0) is 17.4. The average molecular weight is 349 g/mol. The van der Waals surface area contributed by atoms with Gasteiger partial charge in [0, 0.05) is 11.1 Å². The van der Waals surface area contributed by atoms with Crippen LogP contribution in [-0.2, 0) is 9.30 Å². The molecule has 1 aromatic rings. The smallest absolute Gasteiger partial charge is 0.330 e. The summed E-state index contributed by atoms with van der Waals surface area (Å²) in [6.45, 7) is 0. The SMILES string of the molecule is [N-]=[N+]=Nc1cn([C@@H]2O[C@H](CP(=O)(O)O)[C@@H](O)[C@H]2O)c(=O)[nH]c1=O. The number of aliphatic hydroxyl groups excluding tert-OH is 2. The van der Waals surface area contributed by atoms with E-state index < -0.39 is 55.2 Å². The third kappa shape index (κ3) is 3.68. The first-order chi connectivity index (χ1) is 10.6. The van der Waals surface area contributed by atoms with E-state index in [2.05, 4.69) is 10.0 Å².